The third-order valence-electron chi connectivity index (χ3n) is 11.7. The molecule has 65 heavy (non-hydrogen) atoms. The zero-order valence-corrected chi connectivity index (χ0v) is 42.3. The Bertz CT molecular complexity index is 1290. The van der Waals surface area contributed by atoms with Crippen LogP contribution in [0.15, 0.2) is 97.2 Å². The van der Waals surface area contributed by atoms with E-state index in [-0.39, 0.29) is 24.9 Å². The first-order chi connectivity index (χ1) is 32.0. The van der Waals surface area contributed by atoms with E-state index < -0.39 is 18.2 Å². The number of carbonyl (C=O) groups excluding carboxylic acids is 2. The third kappa shape index (κ3) is 47.1. The van der Waals surface area contributed by atoms with Gasteiger partial charge in [0.2, 0.25) is 5.91 Å². The predicted molar refractivity (Wildman–Crippen MR) is 282 cm³/mol. The maximum Gasteiger partial charge on any atom is 0.306 e. The Morgan fingerprint density at radius 1 is 0.492 bits per heavy atom. The Labute approximate surface area is 401 Å². The molecule has 0 aromatic carbocycles. The zero-order valence-electron chi connectivity index (χ0n) is 42.3. The summed E-state index contributed by atoms with van der Waals surface area (Å²) in [4.78, 5) is 26.2. The van der Waals surface area contributed by atoms with E-state index in [0.717, 1.165) is 83.5 Å². The summed E-state index contributed by atoms with van der Waals surface area (Å²) in [6, 6.07) is -0.740. The molecule has 6 heteroatoms. The van der Waals surface area contributed by atoms with E-state index in [0.29, 0.717) is 19.3 Å². The van der Waals surface area contributed by atoms with Crippen LogP contribution in [0.2, 0.25) is 0 Å². The van der Waals surface area contributed by atoms with E-state index in [1.807, 2.05) is 12.2 Å². The van der Waals surface area contributed by atoms with Gasteiger partial charge in [0.15, 0.2) is 0 Å². The van der Waals surface area contributed by atoms with Gasteiger partial charge >= 0.3 is 5.97 Å². The van der Waals surface area contributed by atoms with E-state index in [1.165, 1.54) is 109 Å². The lowest BCUT2D eigenvalue weighted by Crippen LogP contribution is -2.46. The maximum absolute atomic E-state index is 13.2. The highest BCUT2D eigenvalue weighted by Gasteiger charge is 2.23. The van der Waals surface area contributed by atoms with Crippen molar-refractivity contribution in [3.05, 3.63) is 97.2 Å². The molecule has 6 nitrogen and oxygen atoms in total. The van der Waals surface area contributed by atoms with Gasteiger partial charge in [-0.05, 0) is 64.2 Å². The molecule has 0 aromatic heterocycles. The van der Waals surface area contributed by atoms with Gasteiger partial charge in [-0.15, -0.1) is 0 Å². The number of unbranched alkanes of at least 4 members (excludes halogenated alkanes) is 22. The van der Waals surface area contributed by atoms with Crippen molar-refractivity contribution in [1.29, 1.82) is 0 Å². The standard InChI is InChI=1S/C59H101NO5/c1-4-7-10-13-16-19-22-25-28-31-33-36-39-42-45-48-51-57(62)56(54-61)60-58(63)53-55(50-47-44-41-38-35-32-29-26-23-20-17-14-11-8-5-2)65-59(64)52-49-46-43-40-37-34-30-27-24-21-18-15-12-9-6-3/h8-9,11-12,15,17-18,20-21,24,26,29,35,38,44,47,55-57,61-62H,4-7,10,13-14,16,19,22-23,25,27-28,30-34,36-37,39-43,45-46,48-54H2,1-3H3,(H,60,63)/b11-8-,12-9+,18-15+,20-17-,24-21+,29-26-,38-35-,47-44-. The molecule has 0 rings (SSSR count). The number of rotatable bonds is 47. The Morgan fingerprint density at radius 2 is 0.923 bits per heavy atom. The van der Waals surface area contributed by atoms with Gasteiger partial charge in [-0.25, -0.2) is 0 Å². The molecule has 0 saturated carbocycles. The molecule has 0 saturated heterocycles. The number of hydrogen-bond donors (Lipinski definition) is 3. The van der Waals surface area contributed by atoms with Crippen molar-refractivity contribution in [2.75, 3.05) is 6.61 Å². The maximum atomic E-state index is 13.2. The second-order valence-corrected chi connectivity index (χ2v) is 17.9. The summed E-state index contributed by atoms with van der Waals surface area (Å²) < 4.78 is 5.87. The number of esters is 1. The summed E-state index contributed by atoms with van der Waals surface area (Å²) in [5.41, 5.74) is 0. The summed E-state index contributed by atoms with van der Waals surface area (Å²) in [5, 5.41) is 23.8. The summed E-state index contributed by atoms with van der Waals surface area (Å²) in [7, 11) is 0. The van der Waals surface area contributed by atoms with Crippen LogP contribution in [0, 0.1) is 0 Å². The minimum Gasteiger partial charge on any atom is -0.461 e. The van der Waals surface area contributed by atoms with E-state index in [1.54, 1.807) is 0 Å². The Balaban J connectivity index is 4.70. The molecule has 0 bridgehead atoms. The molecule has 0 aliphatic heterocycles. The van der Waals surface area contributed by atoms with Crippen molar-refractivity contribution in [3.63, 3.8) is 0 Å². The van der Waals surface area contributed by atoms with Gasteiger partial charge in [0.1, 0.15) is 6.10 Å². The van der Waals surface area contributed by atoms with Gasteiger partial charge in [-0.3, -0.25) is 9.59 Å². The van der Waals surface area contributed by atoms with E-state index in [2.05, 4.69) is 111 Å². The van der Waals surface area contributed by atoms with Crippen LogP contribution in [0.3, 0.4) is 0 Å². The number of ether oxygens (including phenoxy) is 1. The van der Waals surface area contributed by atoms with Gasteiger partial charge in [-0.1, -0.05) is 253 Å². The minimum atomic E-state index is -0.820. The van der Waals surface area contributed by atoms with Crippen LogP contribution in [0.1, 0.15) is 239 Å². The molecular weight excluding hydrogens is 803 g/mol. The quantitative estimate of drug-likeness (QED) is 0.0245. The fourth-order valence-electron chi connectivity index (χ4n) is 7.69. The van der Waals surface area contributed by atoms with Crippen LogP contribution in [-0.4, -0.2) is 46.9 Å². The fraction of sp³-hybridized carbons (Fsp3) is 0.695. The van der Waals surface area contributed by atoms with Crippen LogP contribution in [-0.2, 0) is 14.3 Å². The normalized spacial score (nSPS) is 14.0. The number of hydrogen-bond acceptors (Lipinski definition) is 5. The predicted octanol–water partition coefficient (Wildman–Crippen LogP) is 16.5. The largest absolute Gasteiger partial charge is 0.461 e. The van der Waals surface area contributed by atoms with Crippen molar-refractivity contribution in [2.24, 2.45) is 0 Å². The van der Waals surface area contributed by atoms with Crippen molar-refractivity contribution >= 4 is 11.9 Å². The second-order valence-electron chi connectivity index (χ2n) is 17.9. The molecule has 0 heterocycles. The number of aliphatic hydroxyl groups excluding tert-OH is 2. The van der Waals surface area contributed by atoms with Crippen LogP contribution in [0.5, 0.6) is 0 Å². The molecule has 0 aromatic rings. The molecule has 0 spiro atoms. The number of amides is 1. The molecule has 1 amide bonds. The monoisotopic (exact) mass is 904 g/mol. The first-order valence-corrected chi connectivity index (χ1v) is 27.0. The van der Waals surface area contributed by atoms with Crippen LogP contribution >= 0.6 is 0 Å². The molecule has 0 radical (unpaired) electrons. The first-order valence-electron chi connectivity index (χ1n) is 27.0. The van der Waals surface area contributed by atoms with E-state index >= 15 is 0 Å². The average molecular weight is 904 g/mol. The lowest BCUT2D eigenvalue weighted by Gasteiger charge is -2.24. The number of aliphatic hydroxyl groups is 2. The first kappa shape index (κ1) is 61.8. The molecule has 0 aliphatic carbocycles. The highest BCUT2D eigenvalue weighted by Crippen LogP contribution is 2.17. The topological polar surface area (TPSA) is 95.9 Å². The SMILES string of the molecule is CC/C=C\C/C=C\C/C=C\C/C=C\C/C=C\CC(CC(=O)NC(CO)C(O)CCCCCCCCCCCCCCCCCC)OC(=O)CCCCCCCCC/C=C/C=C/C=C/CC. The zero-order chi connectivity index (χ0) is 47.4. The molecule has 0 aliphatic rings. The van der Waals surface area contributed by atoms with Crippen molar-refractivity contribution in [1.82, 2.24) is 5.32 Å². The van der Waals surface area contributed by atoms with Crippen LogP contribution in [0.25, 0.3) is 0 Å². The summed E-state index contributed by atoms with van der Waals surface area (Å²) in [6.07, 6.45) is 69.1. The molecule has 3 N–H and O–H groups in total. The van der Waals surface area contributed by atoms with E-state index in [9.17, 15) is 19.8 Å². The third-order valence-corrected chi connectivity index (χ3v) is 11.7. The van der Waals surface area contributed by atoms with Crippen molar-refractivity contribution in [2.45, 2.75) is 257 Å². The lowest BCUT2D eigenvalue weighted by atomic mass is 10.0. The lowest BCUT2D eigenvalue weighted by molar-refractivity contribution is -0.150. The molecular formula is C59H101NO5. The van der Waals surface area contributed by atoms with Gasteiger partial charge in [0, 0.05) is 12.8 Å². The number of allylic oxidation sites excluding steroid dienone is 15. The van der Waals surface area contributed by atoms with Gasteiger partial charge in [0.05, 0.1) is 25.2 Å². The molecule has 3 unspecified atom stereocenters. The number of carbonyl (C=O) groups is 2. The highest BCUT2D eigenvalue weighted by molar-refractivity contribution is 5.77. The Kier molecular flexibility index (Phi) is 49.2. The summed E-state index contributed by atoms with van der Waals surface area (Å²) >= 11 is 0. The summed E-state index contributed by atoms with van der Waals surface area (Å²) in [5.74, 6) is -0.597. The molecule has 3 atom stereocenters. The molecule has 0 fully saturated rings. The smallest absolute Gasteiger partial charge is 0.306 e. The summed E-state index contributed by atoms with van der Waals surface area (Å²) in [6.45, 7) is 6.22. The van der Waals surface area contributed by atoms with Gasteiger partial charge in [-0.2, -0.15) is 0 Å². The van der Waals surface area contributed by atoms with Crippen molar-refractivity contribution < 1.29 is 24.5 Å². The minimum absolute atomic E-state index is 0.0102. The Morgan fingerprint density at radius 3 is 1.42 bits per heavy atom. The van der Waals surface area contributed by atoms with Gasteiger partial charge in [0.25, 0.3) is 0 Å². The Hall–Kier alpha value is -3.22. The van der Waals surface area contributed by atoms with Gasteiger partial charge < -0.3 is 20.3 Å². The average Bonchev–Trinajstić information content (AvgIpc) is 3.30. The second kappa shape index (κ2) is 51.8. The van der Waals surface area contributed by atoms with Crippen LogP contribution in [0.4, 0.5) is 0 Å². The fourth-order valence-corrected chi connectivity index (χ4v) is 7.69. The molecule has 372 valence electrons. The number of nitrogens with one attached hydrogen (secondary N) is 1. The highest BCUT2D eigenvalue weighted by atomic mass is 16.5. The van der Waals surface area contributed by atoms with Crippen LogP contribution < -0.4 is 5.32 Å². The van der Waals surface area contributed by atoms with E-state index in [4.69, 9.17) is 4.74 Å². The van der Waals surface area contributed by atoms with Crippen molar-refractivity contribution in [3.8, 4) is 0 Å².